The fraction of sp³-hybridized carbons (Fsp3) is 0.105. The number of hydrogen-bond donors (Lipinski definition) is 2. The number of anilines is 1. The van der Waals surface area contributed by atoms with Crippen LogP contribution >= 0.6 is 0 Å². The van der Waals surface area contributed by atoms with Gasteiger partial charge in [0, 0.05) is 16.8 Å². The van der Waals surface area contributed by atoms with E-state index in [0.717, 1.165) is 16.6 Å². The first-order valence-electron chi connectivity index (χ1n) is 7.72. The van der Waals surface area contributed by atoms with Gasteiger partial charge >= 0.3 is 0 Å². The molecule has 3 N–H and O–H groups in total. The minimum absolute atomic E-state index is 0.187. The van der Waals surface area contributed by atoms with Crippen LogP contribution in [0.25, 0.3) is 10.9 Å². The Morgan fingerprint density at radius 3 is 2.56 bits per heavy atom. The van der Waals surface area contributed by atoms with Crippen molar-refractivity contribution in [2.24, 2.45) is 5.73 Å². The number of hydrogen-bond acceptors (Lipinski definition) is 4. The fourth-order valence-corrected chi connectivity index (χ4v) is 2.48. The lowest BCUT2D eigenvalue weighted by Gasteiger charge is -2.10. The topological polar surface area (TPSA) is 94.3 Å². The maximum atomic E-state index is 12.6. The van der Waals surface area contributed by atoms with Gasteiger partial charge in [-0.1, -0.05) is 18.2 Å². The number of aromatic nitrogens is 1. The molecule has 0 aliphatic rings. The van der Waals surface area contributed by atoms with Gasteiger partial charge in [-0.25, -0.2) is 0 Å². The van der Waals surface area contributed by atoms with E-state index in [1.54, 1.807) is 30.3 Å². The molecule has 3 aromatic rings. The van der Waals surface area contributed by atoms with Crippen LogP contribution in [0, 0.1) is 6.92 Å². The Bertz CT molecular complexity index is 936. The normalized spacial score (nSPS) is 10.4. The van der Waals surface area contributed by atoms with Crippen LogP contribution in [0.3, 0.4) is 0 Å². The van der Waals surface area contributed by atoms with Gasteiger partial charge in [0.15, 0.2) is 6.61 Å². The lowest BCUT2D eigenvalue weighted by atomic mass is 10.1. The van der Waals surface area contributed by atoms with Crippen LogP contribution in [0.5, 0.6) is 5.75 Å². The summed E-state index contributed by atoms with van der Waals surface area (Å²) < 4.78 is 5.19. The highest BCUT2D eigenvalue weighted by atomic mass is 16.5. The number of nitrogens with two attached hydrogens (primary N) is 1. The van der Waals surface area contributed by atoms with Crippen molar-refractivity contribution in [1.29, 1.82) is 0 Å². The summed E-state index contributed by atoms with van der Waals surface area (Å²) in [4.78, 5) is 27.8. The molecule has 0 atom stereocenters. The van der Waals surface area contributed by atoms with Crippen molar-refractivity contribution in [3.63, 3.8) is 0 Å². The third kappa shape index (κ3) is 3.92. The predicted octanol–water partition coefficient (Wildman–Crippen LogP) is 2.66. The van der Waals surface area contributed by atoms with E-state index < -0.39 is 5.91 Å². The first kappa shape index (κ1) is 16.4. The van der Waals surface area contributed by atoms with Crippen molar-refractivity contribution in [2.45, 2.75) is 6.92 Å². The fourth-order valence-electron chi connectivity index (χ4n) is 2.48. The summed E-state index contributed by atoms with van der Waals surface area (Å²) in [5, 5.41) is 3.65. The van der Waals surface area contributed by atoms with Gasteiger partial charge in [-0.2, -0.15) is 0 Å². The number of rotatable bonds is 5. The van der Waals surface area contributed by atoms with Gasteiger partial charge in [0.2, 0.25) is 0 Å². The van der Waals surface area contributed by atoms with Crippen molar-refractivity contribution in [3.8, 4) is 5.75 Å². The van der Waals surface area contributed by atoms with Gasteiger partial charge in [0.05, 0.1) is 11.1 Å². The van der Waals surface area contributed by atoms with Crippen molar-refractivity contribution < 1.29 is 14.3 Å². The second-order valence-corrected chi connectivity index (χ2v) is 5.56. The average molecular weight is 335 g/mol. The van der Waals surface area contributed by atoms with Gasteiger partial charge in [0.1, 0.15) is 5.75 Å². The largest absolute Gasteiger partial charge is 0.484 e. The van der Waals surface area contributed by atoms with Gasteiger partial charge in [-0.3, -0.25) is 14.6 Å². The molecular weight excluding hydrogens is 318 g/mol. The van der Waals surface area contributed by atoms with E-state index in [4.69, 9.17) is 10.5 Å². The summed E-state index contributed by atoms with van der Waals surface area (Å²) in [6, 6.07) is 16.0. The summed E-state index contributed by atoms with van der Waals surface area (Å²) in [6.45, 7) is 1.67. The minimum atomic E-state index is -0.544. The number of primary amides is 1. The number of fused-ring (bicyclic) bond motifs is 1. The Morgan fingerprint density at radius 2 is 1.84 bits per heavy atom. The van der Waals surface area contributed by atoms with Crippen LogP contribution in [0.2, 0.25) is 0 Å². The molecule has 0 saturated carbocycles. The van der Waals surface area contributed by atoms with E-state index >= 15 is 0 Å². The molecule has 0 unspecified atom stereocenters. The molecular formula is C19H17N3O3. The number of para-hydroxylation sites is 1. The third-order valence-electron chi connectivity index (χ3n) is 3.58. The molecule has 2 amide bonds. The molecule has 1 aromatic heterocycles. The molecule has 0 aliphatic carbocycles. The van der Waals surface area contributed by atoms with Crippen LogP contribution in [0.1, 0.15) is 16.1 Å². The number of pyridine rings is 1. The number of nitrogens with one attached hydrogen (secondary N) is 1. The highest BCUT2D eigenvalue weighted by Crippen LogP contribution is 2.21. The Balaban J connectivity index is 1.80. The van der Waals surface area contributed by atoms with E-state index in [1.165, 1.54) is 0 Å². The molecule has 1 heterocycles. The van der Waals surface area contributed by atoms with Crippen molar-refractivity contribution in [2.75, 3.05) is 11.9 Å². The number of carbonyl (C=O) groups is 2. The van der Waals surface area contributed by atoms with Crippen LogP contribution in [-0.4, -0.2) is 23.4 Å². The smallest absolute Gasteiger partial charge is 0.256 e. The Morgan fingerprint density at radius 1 is 1.12 bits per heavy atom. The number of carbonyl (C=O) groups excluding carboxylic acids is 2. The summed E-state index contributed by atoms with van der Waals surface area (Å²) in [6.07, 6.45) is 0. The second kappa shape index (κ2) is 7.00. The maximum Gasteiger partial charge on any atom is 0.256 e. The molecule has 0 radical (unpaired) electrons. The quantitative estimate of drug-likeness (QED) is 0.749. The van der Waals surface area contributed by atoms with Crippen LogP contribution in [-0.2, 0) is 4.79 Å². The van der Waals surface area contributed by atoms with E-state index in [-0.39, 0.29) is 12.5 Å². The zero-order chi connectivity index (χ0) is 17.8. The number of aryl methyl sites for hydroxylation is 1. The molecule has 3 rings (SSSR count). The van der Waals surface area contributed by atoms with Gasteiger partial charge in [-0.15, -0.1) is 0 Å². The van der Waals surface area contributed by atoms with Crippen LogP contribution in [0.15, 0.2) is 54.6 Å². The summed E-state index contributed by atoms with van der Waals surface area (Å²) in [5.74, 6) is -0.258. The lowest BCUT2D eigenvalue weighted by Crippen LogP contribution is -2.20. The molecule has 0 saturated heterocycles. The highest BCUT2D eigenvalue weighted by Gasteiger charge is 2.12. The lowest BCUT2D eigenvalue weighted by molar-refractivity contribution is -0.119. The van der Waals surface area contributed by atoms with Crippen molar-refractivity contribution >= 4 is 28.4 Å². The molecule has 0 bridgehead atoms. The Labute approximate surface area is 144 Å². The molecule has 126 valence electrons. The molecule has 2 aromatic carbocycles. The minimum Gasteiger partial charge on any atom is -0.484 e. The summed E-state index contributed by atoms with van der Waals surface area (Å²) in [5.41, 5.74) is 7.78. The zero-order valence-electron chi connectivity index (χ0n) is 13.7. The highest BCUT2D eigenvalue weighted by molar-refractivity contribution is 6.12. The van der Waals surface area contributed by atoms with Gasteiger partial charge in [-0.05, 0) is 43.3 Å². The first-order chi connectivity index (χ1) is 12.0. The van der Waals surface area contributed by atoms with E-state index in [2.05, 4.69) is 10.3 Å². The monoisotopic (exact) mass is 335 g/mol. The summed E-state index contributed by atoms with van der Waals surface area (Å²) >= 11 is 0. The van der Waals surface area contributed by atoms with E-state index in [1.807, 2.05) is 31.2 Å². The second-order valence-electron chi connectivity index (χ2n) is 5.56. The Hall–Kier alpha value is -3.41. The summed E-state index contributed by atoms with van der Waals surface area (Å²) in [7, 11) is 0. The average Bonchev–Trinajstić information content (AvgIpc) is 2.60. The van der Waals surface area contributed by atoms with Crippen molar-refractivity contribution in [1.82, 2.24) is 4.98 Å². The van der Waals surface area contributed by atoms with Crippen LogP contribution < -0.4 is 15.8 Å². The third-order valence-corrected chi connectivity index (χ3v) is 3.58. The molecule has 0 aliphatic heterocycles. The predicted molar refractivity (Wildman–Crippen MR) is 95.6 cm³/mol. The van der Waals surface area contributed by atoms with Crippen molar-refractivity contribution in [3.05, 3.63) is 65.9 Å². The number of amides is 2. The molecule has 6 nitrogen and oxygen atoms in total. The van der Waals surface area contributed by atoms with E-state index in [0.29, 0.717) is 17.0 Å². The Kier molecular flexibility index (Phi) is 4.61. The molecule has 25 heavy (non-hydrogen) atoms. The molecule has 0 spiro atoms. The zero-order valence-corrected chi connectivity index (χ0v) is 13.7. The number of benzene rings is 2. The SMILES string of the molecule is Cc1cc(C(=O)Nc2ccc(OCC(N)=O)cc2)c2ccccc2n1. The number of ether oxygens (including phenoxy) is 1. The molecule has 6 heteroatoms. The first-order valence-corrected chi connectivity index (χ1v) is 7.72. The standard InChI is InChI=1S/C19H17N3O3/c1-12-10-16(15-4-2-3-5-17(15)21-12)19(24)22-13-6-8-14(9-7-13)25-11-18(20)23/h2-10H,11H2,1H3,(H2,20,23)(H,22,24). The van der Waals surface area contributed by atoms with Gasteiger partial charge < -0.3 is 15.8 Å². The number of nitrogens with zero attached hydrogens (tertiary/aromatic N) is 1. The van der Waals surface area contributed by atoms with E-state index in [9.17, 15) is 9.59 Å². The van der Waals surface area contributed by atoms with Crippen LogP contribution in [0.4, 0.5) is 5.69 Å². The van der Waals surface area contributed by atoms with Gasteiger partial charge in [0.25, 0.3) is 11.8 Å². The maximum absolute atomic E-state index is 12.6. The molecule has 0 fully saturated rings.